The van der Waals surface area contributed by atoms with Crippen molar-refractivity contribution in [1.29, 1.82) is 0 Å². The van der Waals surface area contributed by atoms with E-state index in [1.54, 1.807) is 0 Å². The quantitative estimate of drug-likeness (QED) is 0.172. The highest BCUT2D eigenvalue weighted by molar-refractivity contribution is 9.10. The van der Waals surface area contributed by atoms with Gasteiger partial charge in [0.1, 0.15) is 0 Å². The van der Waals surface area contributed by atoms with Crippen LogP contribution >= 0.6 is 43.6 Å². The Morgan fingerprint density at radius 3 is 1.86 bits per heavy atom. The first-order valence-corrected chi connectivity index (χ1v) is 15.7. The minimum Gasteiger partial charge on any atom is -0.286 e. The van der Waals surface area contributed by atoms with Gasteiger partial charge in [-0.2, -0.15) is 10.2 Å². The summed E-state index contributed by atoms with van der Waals surface area (Å²) < 4.78 is 1.95. The predicted molar refractivity (Wildman–Crippen MR) is 179 cm³/mol. The van der Waals surface area contributed by atoms with E-state index in [0.717, 1.165) is 42.7 Å². The summed E-state index contributed by atoms with van der Waals surface area (Å²) in [5, 5.41) is 14.8. The van der Waals surface area contributed by atoms with Crippen molar-refractivity contribution in [2.45, 2.75) is 4.99 Å². The van der Waals surface area contributed by atoms with E-state index in [1.807, 2.05) is 119 Å². The first-order chi connectivity index (χ1) is 20.5. The summed E-state index contributed by atoms with van der Waals surface area (Å²) in [5.74, 6) is -0.132. The van der Waals surface area contributed by atoms with E-state index < -0.39 is 4.99 Å². The Morgan fingerprint density at radius 2 is 1.17 bits per heavy atom. The Bertz CT molecular complexity index is 1850. The van der Waals surface area contributed by atoms with Crippen LogP contribution in [0.25, 0.3) is 0 Å². The number of fused-ring (bicyclic) bond motifs is 2. The molecule has 0 unspecified atom stereocenters. The lowest BCUT2D eigenvalue weighted by Gasteiger charge is -2.47. The van der Waals surface area contributed by atoms with Crippen molar-refractivity contribution < 1.29 is 4.79 Å². The second-order valence-electron chi connectivity index (χ2n) is 9.75. The van der Waals surface area contributed by atoms with Crippen molar-refractivity contribution in [2.24, 2.45) is 10.2 Å². The molecule has 42 heavy (non-hydrogen) atoms. The van der Waals surface area contributed by atoms with Crippen LogP contribution < -0.4 is 10.0 Å². The van der Waals surface area contributed by atoms with Gasteiger partial charge in [0.15, 0.2) is 5.04 Å². The Hall–Kier alpha value is -3.98. The second-order valence-corrected chi connectivity index (χ2v) is 12.7. The van der Waals surface area contributed by atoms with Crippen LogP contribution in [0.1, 0.15) is 27.0 Å². The third kappa shape index (κ3) is 4.60. The molecule has 0 N–H and O–H groups in total. The molecule has 1 atom stereocenters. The largest absolute Gasteiger partial charge is 0.286 e. The van der Waals surface area contributed by atoms with Gasteiger partial charge in [-0.15, -0.1) is 0 Å². The molecule has 2 heterocycles. The van der Waals surface area contributed by atoms with E-state index in [-0.39, 0.29) is 5.78 Å². The zero-order valence-corrected chi connectivity index (χ0v) is 26.1. The number of hydrazone groups is 2. The Morgan fingerprint density at radius 1 is 0.619 bits per heavy atom. The minimum absolute atomic E-state index is 0.132. The highest BCUT2D eigenvalue weighted by atomic mass is 79.9. The van der Waals surface area contributed by atoms with Gasteiger partial charge in [-0.05, 0) is 60.3 Å². The van der Waals surface area contributed by atoms with Crippen molar-refractivity contribution in [3.63, 3.8) is 0 Å². The summed E-state index contributed by atoms with van der Waals surface area (Å²) in [4.78, 5) is 12.9. The maximum absolute atomic E-state index is 13.9. The monoisotopic (exact) mass is 692 g/mol. The van der Waals surface area contributed by atoms with Gasteiger partial charge in [0, 0.05) is 31.2 Å². The van der Waals surface area contributed by atoms with Gasteiger partial charge in [-0.25, -0.2) is 10.0 Å². The number of para-hydroxylation sites is 1. The molecule has 5 aromatic carbocycles. The van der Waals surface area contributed by atoms with Gasteiger partial charge in [-0.3, -0.25) is 4.79 Å². The number of ketones is 1. The lowest BCUT2D eigenvalue weighted by molar-refractivity contribution is 0.106. The third-order valence-corrected chi connectivity index (χ3v) is 9.53. The molecule has 0 fully saturated rings. The normalized spacial score (nSPS) is 17.6. The lowest BCUT2D eigenvalue weighted by atomic mass is 9.93. The van der Waals surface area contributed by atoms with Crippen molar-refractivity contribution in [3.05, 3.63) is 165 Å². The van der Waals surface area contributed by atoms with Crippen LogP contribution in [-0.2, 0) is 4.99 Å². The molecule has 0 bridgehead atoms. The van der Waals surface area contributed by atoms with Crippen LogP contribution in [0.15, 0.2) is 153 Å². The molecule has 7 rings (SSSR count). The Kier molecular flexibility index (Phi) is 7.06. The molecule has 0 saturated heterocycles. The SMILES string of the molecule is O=C(C1=NN(c2ccc(Br)cc2)[C@]2(S1)c1ccccc1C(c1ccc(Br)cc1)=NN2c1ccccc1)c1ccccc1. The molecule has 0 radical (unpaired) electrons. The topological polar surface area (TPSA) is 48.3 Å². The number of hydrogen-bond acceptors (Lipinski definition) is 6. The highest BCUT2D eigenvalue weighted by Crippen LogP contribution is 2.55. The molecule has 5 nitrogen and oxygen atoms in total. The highest BCUT2D eigenvalue weighted by Gasteiger charge is 2.56. The van der Waals surface area contributed by atoms with Gasteiger partial charge in [0.25, 0.3) is 0 Å². The lowest BCUT2D eigenvalue weighted by Crippen LogP contribution is -2.54. The molecule has 5 aromatic rings. The van der Waals surface area contributed by atoms with Crippen LogP contribution in [0.2, 0.25) is 0 Å². The summed E-state index contributed by atoms with van der Waals surface area (Å²) in [5.41, 5.74) is 6.08. The van der Waals surface area contributed by atoms with Gasteiger partial charge >= 0.3 is 0 Å². The van der Waals surface area contributed by atoms with Crippen LogP contribution in [0.4, 0.5) is 11.4 Å². The number of Topliss-reactive ketones (excluding diaryl/α,β-unsaturated/α-hetero) is 1. The fourth-order valence-electron chi connectivity index (χ4n) is 5.21. The summed E-state index contributed by atoms with van der Waals surface area (Å²) in [6.07, 6.45) is 0. The molecular formula is C34H22Br2N4OS. The average molecular weight is 694 g/mol. The number of benzene rings is 5. The number of nitrogens with zero attached hydrogens (tertiary/aromatic N) is 4. The predicted octanol–water partition coefficient (Wildman–Crippen LogP) is 9.04. The van der Waals surface area contributed by atoms with Crippen LogP contribution in [0, 0.1) is 0 Å². The number of carbonyl (C=O) groups excluding carboxylic acids is 1. The Balaban J connectivity index is 1.49. The number of hydrogen-bond donors (Lipinski definition) is 0. The molecule has 8 heteroatoms. The van der Waals surface area contributed by atoms with Crippen molar-refractivity contribution in [3.8, 4) is 0 Å². The summed E-state index contributed by atoms with van der Waals surface area (Å²) in [6.45, 7) is 0. The third-order valence-electron chi connectivity index (χ3n) is 7.16. The molecule has 2 aliphatic rings. The van der Waals surface area contributed by atoms with Crippen molar-refractivity contribution >= 4 is 71.5 Å². The standard InChI is InChI=1S/C34H22Br2N4OS/c35-25-17-15-23(16-18-25)31-29-13-7-8-14-30(29)34(39(37-31)27-11-5-2-6-12-27)40(28-21-19-26(36)20-22-28)38-33(42-34)32(41)24-9-3-1-4-10-24/h1-22H/t34-/m0/s1. The molecule has 204 valence electrons. The van der Waals surface area contributed by atoms with E-state index in [4.69, 9.17) is 10.2 Å². The summed E-state index contributed by atoms with van der Waals surface area (Å²) in [7, 11) is 0. The molecule has 2 aliphatic heterocycles. The molecule has 0 saturated carbocycles. The fraction of sp³-hybridized carbons (Fsp3) is 0.0294. The number of halogens is 2. The zero-order chi connectivity index (χ0) is 28.7. The van der Waals surface area contributed by atoms with Gasteiger partial charge in [0.2, 0.25) is 10.8 Å². The van der Waals surface area contributed by atoms with E-state index in [1.165, 1.54) is 11.8 Å². The van der Waals surface area contributed by atoms with E-state index in [9.17, 15) is 4.79 Å². The number of thioether (sulfide) groups is 1. The average Bonchev–Trinajstić information content (AvgIpc) is 3.43. The minimum atomic E-state index is -1.02. The number of rotatable bonds is 5. The first-order valence-electron chi connectivity index (χ1n) is 13.3. The van der Waals surface area contributed by atoms with E-state index >= 15 is 0 Å². The van der Waals surface area contributed by atoms with Crippen LogP contribution in [0.3, 0.4) is 0 Å². The van der Waals surface area contributed by atoms with Gasteiger partial charge in [-0.1, -0.05) is 117 Å². The summed E-state index contributed by atoms with van der Waals surface area (Å²) >= 11 is 8.55. The van der Waals surface area contributed by atoms with Gasteiger partial charge < -0.3 is 0 Å². The summed E-state index contributed by atoms with van der Waals surface area (Å²) in [6, 6.07) is 43.8. The zero-order valence-electron chi connectivity index (χ0n) is 22.1. The second kappa shape index (κ2) is 11.0. The first kappa shape index (κ1) is 26.9. The van der Waals surface area contributed by atoms with Gasteiger partial charge in [0.05, 0.1) is 17.1 Å². The van der Waals surface area contributed by atoms with E-state index in [2.05, 4.69) is 56.1 Å². The maximum atomic E-state index is 13.9. The van der Waals surface area contributed by atoms with Crippen molar-refractivity contribution in [1.82, 2.24) is 0 Å². The van der Waals surface area contributed by atoms with E-state index in [0.29, 0.717) is 10.6 Å². The number of carbonyl (C=O) groups is 1. The molecule has 0 aromatic heterocycles. The van der Waals surface area contributed by atoms with Crippen LogP contribution in [-0.4, -0.2) is 16.5 Å². The maximum Gasteiger partial charge on any atom is 0.234 e. The molecular weight excluding hydrogens is 672 g/mol. The molecule has 0 aliphatic carbocycles. The molecule has 1 spiro atoms. The Labute approximate surface area is 264 Å². The smallest absolute Gasteiger partial charge is 0.234 e. The number of anilines is 2. The van der Waals surface area contributed by atoms with Crippen LogP contribution in [0.5, 0.6) is 0 Å². The fourth-order valence-corrected chi connectivity index (χ4v) is 7.10. The van der Waals surface area contributed by atoms with Crippen molar-refractivity contribution in [2.75, 3.05) is 10.0 Å². The molecule has 0 amide bonds.